The SMILES string of the molecule is CC(NC(=O)CNc1cccc2c1CCCC2)c1ccco1. The third-order valence-corrected chi connectivity index (χ3v) is 4.18. The molecule has 0 fully saturated rings. The van der Waals surface area contributed by atoms with Crippen LogP contribution in [0.5, 0.6) is 0 Å². The van der Waals surface area contributed by atoms with Crippen molar-refractivity contribution in [3.63, 3.8) is 0 Å². The number of furan rings is 1. The maximum absolute atomic E-state index is 12.1. The van der Waals surface area contributed by atoms with Gasteiger partial charge in [-0.3, -0.25) is 4.79 Å². The summed E-state index contributed by atoms with van der Waals surface area (Å²) in [5, 5.41) is 6.22. The molecule has 1 unspecified atom stereocenters. The maximum atomic E-state index is 12.1. The van der Waals surface area contributed by atoms with E-state index in [1.807, 2.05) is 19.1 Å². The van der Waals surface area contributed by atoms with E-state index in [0.29, 0.717) is 0 Å². The van der Waals surface area contributed by atoms with Gasteiger partial charge in [-0.2, -0.15) is 0 Å². The van der Waals surface area contributed by atoms with Gasteiger partial charge in [0, 0.05) is 5.69 Å². The summed E-state index contributed by atoms with van der Waals surface area (Å²) in [5.41, 5.74) is 3.89. The van der Waals surface area contributed by atoms with Gasteiger partial charge in [0.15, 0.2) is 0 Å². The average Bonchev–Trinajstić information content (AvgIpc) is 3.07. The summed E-state index contributed by atoms with van der Waals surface area (Å²) in [7, 11) is 0. The maximum Gasteiger partial charge on any atom is 0.239 e. The number of carbonyl (C=O) groups is 1. The third-order valence-electron chi connectivity index (χ3n) is 4.18. The van der Waals surface area contributed by atoms with Crippen LogP contribution in [0.3, 0.4) is 0 Å². The van der Waals surface area contributed by atoms with E-state index in [2.05, 4.69) is 28.8 Å². The lowest BCUT2D eigenvalue weighted by Gasteiger charge is -2.20. The van der Waals surface area contributed by atoms with E-state index < -0.39 is 0 Å². The number of hydrogen-bond donors (Lipinski definition) is 2. The largest absolute Gasteiger partial charge is 0.467 e. The Labute approximate surface area is 130 Å². The monoisotopic (exact) mass is 298 g/mol. The number of benzene rings is 1. The molecule has 2 aromatic rings. The molecule has 0 bridgehead atoms. The van der Waals surface area contributed by atoms with Crippen molar-refractivity contribution in [2.45, 2.75) is 38.6 Å². The van der Waals surface area contributed by atoms with Gasteiger partial charge in [0.1, 0.15) is 5.76 Å². The first-order valence-electron chi connectivity index (χ1n) is 7.91. The summed E-state index contributed by atoms with van der Waals surface area (Å²) in [5.74, 6) is 0.739. The number of anilines is 1. The molecule has 0 aliphatic heterocycles. The first-order valence-corrected chi connectivity index (χ1v) is 7.91. The second kappa shape index (κ2) is 6.69. The highest BCUT2D eigenvalue weighted by Crippen LogP contribution is 2.27. The summed E-state index contributed by atoms with van der Waals surface area (Å²) in [6.45, 7) is 2.20. The molecule has 4 heteroatoms. The fourth-order valence-corrected chi connectivity index (χ4v) is 3.02. The average molecular weight is 298 g/mol. The smallest absolute Gasteiger partial charge is 0.239 e. The van der Waals surface area contributed by atoms with Gasteiger partial charge in [0.05, 0.1) is 18.8 Å². The van der Waals surface area contributed by atoms with Crippen molar-refractivity contribution in [1.29, 1.82) is 0 Å². The van der Waals surface area contributed by atoms with Crippen LogP contribution in [0.1, 0.15) is 42.7 Å². The summed E-state index contributed by atoms with van der Waals surface area (Å²) < 4.78 is 5.30. The van der Waals surface area contributed by atoms with E-state index in [1.165, 1.54) is 24.0 Å². The summed E-state index contributed by atoms with van der Waals surface area (Å²) in [4.78, 5) is 12.1. The lowest BCUT2D eigenvalue weighted by atomic mass is 9.90. The van der Waals surface area contributed by atoms with E-state index in [4.69, 9.17) is 4.42 Å². The zero-order valence-electron chi connectivity index (χ0n) is 12.9. The number of hydrogen-bond acceptors (Lipinski definition) is 3. The summed E-state index contributed by atoms with van der Waals surface area (Å²) >= 11 is 0. The predicted octanol–water partition coefficient (Wildman–Crippen LogP) is 3.45. The van der Waals surface area contributed by atoms with Crippen LogP contribution < -0.4 is 10.6 Å². The van der Waals surface area contributed by atoms with Crippen molar-refractivity contribution < 1.29 is 9.21 Å². The van der Waals surface area contributed by atoms with Crippen molar-refractivity contribution in [2.24, 2.45) is 0 Å². The molecular weight excluding hydrogens is 276 g/mol. The minimum Gasteiger partial charge on any atom is -0.467 e. The highest BCUT2D eigenvalue weighted by Gasteiger charge is 2.15. The van der Waals surface area contributed by atoms with E-state index in [9.17, 15) is 4.79 Å². The second-order valence-electron chi connectivity index (χ2n) is 5.81. The zero-order chi connectivity index (χ0) is 15.4. The molecule has 1 aromatic heterocycles. The van der Waals surface area contributed by atoms with Gasteiger partial charge in [0.2, 0.25) is 5.91 Å². The Morgan fingerprint density at radius 3 is 2.91 bits per heavy atom. The minimum atomic E-state index is -0.117. The van der Waals surface area contributed by atoms with Gasteiger partial charge in [-0.15, -0.1) is 0 Å². The Hall–Kier alpha value is -2.23. The topological polar surface area (TPSA) is 54.3 Å². The van der Waals surface area contributed by atoms with Crippen LogP contribution in [0.4, 0.5) is 5.69 Å². The van der Waals surface area contributed by atoms with Crippen LogP contribution >= 0.6 is 0 Å². The predicted molar refractivity (Wildman–Crippen MR) is 86.8 cm³/mol. The molecule has 3 rings (SSSR count). The number of aryl methyl sites for hydroxylation is 1. The van der Waals surface area contributed by atoms with Gasteiger partial charge < -0.3 is 15.1 Å². The van der Waals surface area contributed by atoms with Gasteiger partial charge in [-0.1, -0.05) is 12.1 Å². The van der Waals surface area contributed by atoms with E-state index in [-0.39, 0.29) is 18.5 Å². The Morgan fingerprint density at radius 2 is 2.09 bits per heavy atom. The van der Waals surface area contributed by atoms with Crippen molar-refractivity contribution in [1.82, 2.24) is 5.32 Å². The van der Waals surface area contributed by atoms with Gasteiger partial charge >= 0.3 is 0 Å². The number of amides is 1. The van der Waals surface area contributed by atoms with E-state index in [0.717, 1.165) is 24.3 Å². The molecule has 1 atom stereocenters. The van der Waals surface area contributed by atoms with Crippen molar-refractivity contribution in [3.8, 4) is 0 Å². The Bertz CT molecular complexity index is 635. The number of rotatable bonds is 5. The van der Waals surface area contributed by atoms with Gasteiger partial charge in [-0.05, 0) is 61.9 Å². The fourth-order valence-electron chi connectivity index (χ4n) is 3.02. The first-order chi connectivity index (χ1) is 10.7. The Morgan fingerprint density at radius 1 is 1.23 bits per heavy atom. The third kappa shape index (κ3) is 3.32. The molecule has 0 saturated heterocycles. The Kier molecular flexibility index (Phi) is 4.47. The molecule has 0 saturated carbocycles. The molecule has 1 amide bonds. The lowest BCUT2D eigenvalue weighted by molar-refractivity contribution is -0.120. The van der Waals surface area contributed by atoms with Crippen LogP contribution in [0.2, 0.25) is 0 Å². The van der Waals surface area contributed by atoms with Crippen LogP contribution in [0.25, 0.3) is 0 Å². The standard InChI is InChI=1S/C18H22N2O2/c1-13(17-10-5-11-22-17)20-18(21)12-19-16-9-4-7-14-6-2-3-8-15(14)16/h4-5,7,9-11,13,19H,2-3,6,8,12H2,1H3,(H,20,21). The highest BCUT2D eigenvalue weighted by atomic mass is 16.3. The summed E-state index contributed by atoms with van der Waals surface area (Å²) in [6, 6.07) is 9.90. The molecule has 2 N–H and O–H groups in total. The van der Waals surface area contributed by atoms with Crippen LogP contribution in [-0.2, 0) is 17.6 Å². The quantitative estimate of drug-likeness (QED) is 0.889. The molecule has 22 heavy (non-hydrogen) atoms. The Balaban J connectivity index is 1.57. The van der Waals surface area contributed by atoms with Crippen molar-refractivity contribution >= 4 is 11.6 Å². The molecule has 1 aliphatic carbocycles. The molecule has 1 aromatic carbocycles. The van der Waals surface area contributed by atoms with Gasteiger partial charge in [0.25, 0.3) is 0 Å². The fraction of sp³-hybridized carbons (Fsp3) is 0.389. The second-order valence-corrected chi connectivity index (χ2v) is 5.81. The molecule has 4 nitrogen and oxygen atoms in total. The normalized spacial score (nSPS) is 15.0. The first kappa shape index (κ1) is 14.7. The van der Waals surface area contributed by atoms with Crippen LogP contribution in [0, 0.1) is 0 Å². The number of fused-ring (bicyclic) bond motifs is 1. The summed E-state index contributed by atoms with van der Waals surface area (Å²) in [6.07, 6.45) is 6.35. The molecule has 1 aliphatic rings. The highest BCUT2D eigenvalue weighted by molar-refractivity contribution is 5.81. The lowest BCUT2D eigenvalue weighted by Crippen LogP contribution is -2.32. The van der Waals surface area contributed by atoms with Gasteiger partial charge in [-0.25, -0.2) is 0 Å². The zero-order valence-corrected chi connectivity index (χ0v) is 12.9. The molecule has 116 valence electrons. The van der Waals surface area contributed by atoms with Crippen LogP contribution in [-0.4, -0.2) is 12.5 Å². The van der Waals surface area contributed by atoms with Crippen LogP contribution in [0.15, 0.2) is 41.0 Å². The van der Waals surface area contributed by atoms with Crippen molar-refractivity contribution in [2.75, 3.05) is 11.9 Å². The minimum absolute atomic E-state index is 0.0303. The number of carbonyl (C=O) groups excluding carboxylic acids is 1. The van der Waals surface area contributed by atoms with Crippen molar-refractivity contribution in [3.05, 3.63) is 53.5 Å². The molecule has 0 spiro atoms. The number of nitrogens with one attached hydrogen (secondary N) is 2. The van der Waals surface area contributed by atoms with E-state index in [1.54, 1.807) is 6.26 Å². The van der Waals surface area contributed by atoms with E-state index >= 15 is 0 Å². The molecular formula is C18H22N2O2. The molecule has 1 heterocycles. The molecule has 0 radical (unpaired) electrons.